The largest absolute Gasteiger partial charge is 0.464 e. The van der Waals surface area contributed by atoms with Gasteiger partial charge in [0, 0.05) is 49.1 Å². The van der Waals surface area contributed by atoms with Crippen molar-refractivity contribution in [2.45, 2.75) is 70.1 Å². The van der Waals surface area contributed by atoms with Crippen molar-refractivity contribution in [2.24, 2.45) is 5.92 Å². The van der Waals surface area contributed by atoms with E-state index < -0.39 is 6.29 Å². The molecule has 1 amide bonds. The minimum atomic E-state index is -0.547. The molecule has 0 unspecified atom stereocenters. The van der Waals surface area contributed by atoms with Gasteiger partial charge in [0.2, 0.25) is 6.29 Å². The Morgan fingerprint density at radius 1 is 1.22 bits per heavy atom. The van der Waals surface area contributed by atoms with Gasteiger partial charge in [-0.05, 0) is 44.7 Å². The molecule has 1 aromatic heterocycles. The predicted molar refractivity (Wildman–Crippen MR) is 123 cm³/mol. The number of nitrogens with zero attached hydrogens (tertiary/aromatic N) is 1. The topological polar surface area (TPSA) is 72.1 Å². The van der Waals surface area contributed by atoms with Gasteiger partial charge >= 0.3 is 0 Å². The van der Waals surface area contributed by atoms with Crippen molar-refractivity contribution >= 4 is 16.9 Å². The molecule has 0 bridgehead atoms. The molecule has 0 saturated heterocycles. The van der Waals surface area contributed by atoms with Gasteiger partial charge < -0.3 is 23.9 Å². The van der Waals surface area contributed by atoms with Crippen LogP contribution in [-0.4, -0.2) is 48.5 Å². The van der Waals surface area contributed by atoms with E-state index in [0.29, 0.717) is 18.8 Å². The Morgan fingerprint density at radius 3 is 2.75 bits per heavy atom. The second kappa shape index (κ2) is 10.5. The van der Waals surface area contributed by atoms with E-state index in [9.17, 15) is 9.90 Å². The third kappa shape index (κ3) is 4.71. The van der Waals surface area contributed by atoms with Crippen LogP contribution in [0.5, 0.6) is 0 Å². The standard InChI is InChI=1S/C26H35NO5/c1-3-30-26-20(13-9-15-28)21(22-17-31-23-14-8-7-12-19(22)23)16-24(32-26)25(29)27(2)18-10-5-4-6-11-18/h7-8,12,14,16-18,20-21,26,28H,3-6,9-11,13,15H2,1-2H3/t20-,21+,26-/m0/s1. The number of amides is 1. The number of fused-ring (bicyclic) bond motifs is 1. The molecule has 32 heavy (non-hydrogen) atoms. The fourth-order valence-electron chi connectivity index (χ4n) is 5.18. The van der Waals surface area contributed by atoms with Crippen molar-refractivity contribution < 1.29 is 23.8 Å². The van der Waals surface area contributed by atoms with Crippen LogP contribution in [0, 0.1) is 5.92 Å². The number of hydrogen-bond acceptors (Lipinski definition) is 5. The highest BCUT2D eigenvalue weighted by Gasteiger charge is 2.40. The number of para-hydroxylation sites is 1. The normalized spacial score (nSPS) is 24.2. The van der Waals surface area contributed by atoms with E-state index >= 15 is 0 Å². The van der Waals surface area contributed by atoms with Crippen molar-refractivity contribution in [1.82, 2.24) is 4.90 Å². The lowest BCUT2D eigenvalue weighted by Gasteiger charge is -2.38. The molecular weight excluding hydrogens is 406 g/mol. The summed E-state index contributed by atoms with van der Waals surface area (Å²) in [6.45, 7) is 2.52. The number of carbonyl (C=O) groups excluding carboxylic acids is 1. The van der Waals surface area contributed by atoms with Crippen LogP contribution >= 0.6 is 0 Å². The lowest BCUT2D eigenvalue weighted by Crippen LogP contribution is -2.43. The molecule has 1 N–H and O–H groups in total. The highest BCUT2D eigenvalue weighted by atomic mass is 16.7. The first-order chi connectivity index (χ1) is 15.6. The predicted octanol–water partition coefficient (Wildman–Crippen LogP) is 4.97. The molecule has 174 valence electrons. The minimum absolute atomic E-state index is 0.0281. The quantitative estimate of drug-likeness (QED) is 0.626. The number of benzene rings is 1. The molecule has 0 spiro atoms. The number of rotatable bonds is 8. The first kappa shape index (κ1) is 22.9. The van der Waals surface area contributed by atoms with Crippen molar-refractivity contribution in [2.75, 3.05) is 20.3 Å². The lowest BCUT2D eigenvalue weighted by atomic mass is 9.80. The van der Waals surface area contributed by atoms with Gasteiger partial charge in [-0.1, -0.05) is 37.5 Å². The van der Waals surface area contributed by atoms with Crippen LogP contribution in [0.2, 0.25) is 0 Å². The fourth-order valence-corrected chi connectivity index (χ4v) is 5.18. The maximum absolute atomic E-state index is 13.5. The van der Waals surface area contributed by atoms with Crippen LogP contribution in [-0.2, 0) is 14.3 Å². The Balaban J connectivity index is 1.70. The summed E-state index contributed by atoms with van der Waals surface area (Å²) in [5, 5.41) is 10.5. The highest BCUT2D eigenvalue weighted by molar-refractivity contribution is 5.92. The van der Waals surface area contributed by atoms with E-state index in [4.69, 9.17) is 13.9 Å². The number of aliphatic hydroxyl groups is 1. The Morgan fingerprint density at radius 2 is 2.00 bits per heavy atom. The van der Waals surface area contributed by atoms with Crippen LogP contribution in [0.1, 0.15) is 63.4 Å². The fraction of sp³-hybridized carbons (Fsp3) is 0.577. The van der Waals surface area contributed by atoms with E-state index in [1.54, 1.807) is 6.26 Å². The van der Waals surface area contributed by atoms with Gasteiger partial charge in [0.25, 0.3) is 5.91 Å². The number of carbonyl (C=O) groups is 1. The maximum atomic E-state index is 13.5. The number of likely N-dealkylation sites (N-methyl/N-ethyl adjacent to an activating group) is 1. The molecule has 2 aromatic rings. The van der Waals surface area contributed by atoms with Gasteiger partial charge in [0.1, 0.15) is 5.58 Å². The minimum Gasteiger partial charge on any atom is -0.464 e. The molecule has 1 aliphatic heterocycles. The van der Waals surface area contributed by atoms with Gasteiger partial charge in [-0.25, -0.2) is 0 Å². The summed E-state index contributed by atoms with van der Waals surface area (Å²) in [6, 6.07) is 8.21. The lowest BCUT2D eigenvalue weighted by molar-refractivity contribution is -0.170. The molecule has 6 heteroatoms. The molecule has 1 fully saturated rings. The molecule has 2 heterocycles. The van der Waals surface area contributed by atoms with E-state index in [-0.39, 0.29) is 30.4 Å². The molecular formula is C26H35NO5. The van der Waals surface area contributed by atoms with E-state index in [1.807, 2.05) is 49.2 Å². The molecule has 1 saturated carbocycles. The summed E-state index contributed by atoms with van der Waals surface area (Å²) in [5.41, 5.74) is 1.85. The van der Waals surface area contributed by atoms with Gasteiger partial charge in [0.15, 0.2) is 5.76 Å². The monoisotopic (exact) mass is 441 g/mol. The zero-order chi connectivity index (χ0) is 22.5. The number of aliphatic hydroxyl groups excluding tert-OH is 1. The van der Waals surface area contributed by atoms with Crippen LogP contribution in [0.3, 0.4) is 0 Å². The second-order valence-electron chi connectivity index (χ2n) is 8.92. The van der Waals surface area contributed by atoms with Crippen LogP contribution in [0.25, 0.3) is 11.0 Å². The summed E-state index contributed by atoms with van der Waals surface area (Å²) in [6.07, 6.45) is 10.2. The molecule has 1 aliphatic carbocycles. The van der Waals surface area contributed by atoms with Gasteiger partial charge in [-0.15, -0.1) is 0 Å². The molecule has 1 aromatic carbocycles. The van der Waals surface area contributed by atoms with Crippen LogP contribution in [0.4, 0.5) is 0 Å². The van der Waals surface area contributed by atoms with E-state index in [2.05, 4.69) is 0 Å². The zero-order valence-electron chi connectivity index (χ0n) is 19.2. The van der Waals surface area contributed by atoms with Crippen molar-refractivity contribution in [1.29, 1.82) is 0 Å². The Labute approximate surface area is 190 Å². The zero-order valence-corrected chi connectivity index (χ0v) is 19.2. The van der Waals surface area contributed by atoms with Crippen LogP contribution in [0.15, 0.2) is 46.8 Å². The summed E-state index contributed by atoms with van der Waals surface area (Å²) in [5.74, 6) is 0.140. The van der Waals surface area contributed by atoms with Crippen molar-refractivity contribution in [3.63, 3.8) is 0 Å². The Kier molecular flexibility index (Phi) is 7.53. The van der Waals surface area contributed by atoms with Crippen LogP contribution < -0.4 is 0 Å². The summed E-state index contributed by atoms with van der Waals surface area (Å²) in [4.78, 5) is 15.3. The Bertz CT molecular complexity index is 929. The first-order valence-corrected chi connectivity index (χ1v) is 12.0. The molecule has 4 rings (SSSR count). The third-order valence-corrected chi connectivity index (χ3v) is 6.94. The molecule has 6 nitrogen and oxygen atoms in total. The SMILES string of the molecule is CCO[C@H]1OC(C(=O)N(C)C2CCCCC2)=C[C@@H](c2coc3ccccc23)[C@@H]1CCCO. The molecule has 2 aliphatic rings. The summed E-state index contributed by atoms with van der Waals surface area (Å²) < 4.78 is 18.0. The summed E-state index contributed by atoms with van der Waals surface area (Å²) >= 11 is 0. The van der Waals surface area contributed by atoms with Crippen molar-refractivity contribution in [3.05, 3.63) is 47.9 Å². The van der Waals surface area contributed by atoms with Crippen molar-refractivity contribution in [3.8, 4) is 0 Å². The van der Waals surface area contributed by atoms with Gasteiger partial charge in [-0.2, -0.15) is 0 Å². The summed E-state index contributed by atoms with van der Waals surface area (Å²) in [7, 11) is 1.89. The smallest absolute Gasteiger partial charge is 0.288 e. The third-order valence-electron chi connectivity index (χ3n) is 6.94. The molecule has 3 atom stereocenters. The van der Waals surface area contributed by atoms with E-state index in [0.717, 1.165) is 48.6 Å². The number of furan rings is 1. The average molecular weight is 442 g/mol. The maximum Gasteiger partial charge on any atom is 0.288 e. The Hall–Kier alpha value is -2.31. The van der Waals surface area contributed by atoms with Gasteiger partial charge in [-0.3, -0.25) is 4.79 Å². The molecule has 0 radical (unpaired) electrons. The number of ether oxygens (including phenoxy) is 2. The average Bonchev–Trinajstić information content (AvgIpc) is 3.26. The van der Waals surface area contributed by atoms with Gasteiger partial charge in [0.05, 0.1) is 6.26 Å². The number of hydrogen-bond donors (Lipinski definition) is 1. The highest BCUT2D eigenvalue weighted by Crippen LogP contribution is 2.42. The second-order valence-corrected chi connectivity index (χ2v) is 8.92. The number of allylic oxidation sites excluding steroid dienone is 1. The first-order valence-electron chi connectivity index (χ1n) is 12.0. The van der Waals surface area contributed by atoms with E-state index in [1.165, 1.54) is 6.42 Å².